The minimum absolute atomic E-state index is 0.660. The third-order valence-electron chi connectivity index (χ3n) is 2.06. The van der Waals surface area contributed by atoms with Gasteiger partial charge in [0, 0.05) is 29.7 Å². The molecule has 0 aliphatic heterocycles. The zero-order valence-electron chi connectivity index (χ0n) is 8.34. The number of hydrogen-bond donors (Lipinski definition) is 1. The summed E-state index contributed by atoms with van der Waals surface area (Å²) in [4.78, 5) is 7.91. The summed E-state index contributed by atoms with van der Waals surface area (Å²) in [7, 11) is 1.61. The van der Waals surface area contributed by atoms with Crippen molar-refractivity contribution in [2.24, 2.45) is 0 Å². The zero-order chi connectivity index (χ0) is 10.7. The van der Waals surface area contributed by atoms with Crippen LogP contribution in [-0.4, -0.2) is 17.1 Å². The molecule has 2 N–H and O–H groups in total. The van der Waals surface area contributed by atoms with Crippen molar-refractivity contribution in [1.29, 1.82) is 0 Å². The maximum atomic E-state index is 5.75. The van der Waals surface area contributed by atoms with Gasteiger partial charge in [-0.25, -0.2) is 9.97 Å². The minimum Gasteiger partial charge on any atom is -0.497 e. The average molecular weight is 201 g/mol. The minimum atomic E-state index is 0.660. The highest BCUT2D eigenvalue weighted by Crippen LogP contribution is 2.25. The Balaban J connectivity index is 2.49. The van der Waals surface area contributed by atoms with E-state index < -0.39 is 0 Å². The van der Waals surface area contributed by atoms with Gasteiger partial charge in [-0.2, -0.15) is 0 Å². The fourth-order valence-electron chi connectivity index (χ4n) is 1.35. The van der Waals surface area contributed by atoms with Gasteiger partial charge in [0.1, 0.15) is 12.1 Å². The third kappa shape index (κ3) is 2.04. The van der Waals surface area contributed by atoms with Crippen molar-refractivity contribution in [2.45, 2.75) is 0 Å². The molecule has 76 valence electrons. The highest BCUT2D eigenvalue weighted by atomic mass is 16.5. The molecule has 0 fully saturated rings. The van der Waals surface area contributed by atoms with E-state index in [-0.39, 0.29) is 0 Å². The Bertz CT molecular complexity index is 457. The van der Waals surface area contributed by atoms with E-state index >= 15 is 0 Å². The van der Waals surface area contributed by atoms with E-state index in [2.05, 4.69) is 9.97 Å². The van der Waals surface area contributed by atoms with Gasteiger partial charge in [0.15, 0.2) is 0 Å². The number of rotatable bonds is 2. The van der Waals surface area contributed by atoms with Gasteiger partial charge in [0.25, 0.3) is 0 Å². The normalized spacial score (nSPS) is 9.93. The number of benzene rings is 1. The van der Waals surface area contributed by atoms with Crippen LogP contribution in [0.5, 0.6) is 5.75 Å². The molecule has 1 aromatic carbocycles. The Hall–Kier alpha value is -2.10. The van der Waals surface area contributed by atoms with Crippen LogP contribution in [0, 0.1) is 0 Å². The van der Waals surface area contributed by atoms with Crippen LogP contribution in [0.15, 0.2) is 36.9 Å². The molecule has 0 radical (unpaired) electrons. The van der Waals surface area contributed by atoms with Crippen LogP contribution in [0.1, 0.15) is 0 Å². The van der Waals surface area contributed by atoms with Crippen LogP contribution in [0.25, 0.3) is 11.1 Å². The first-order valence-electron chi connectivity index (χ1n) is 4.49. The van der Waals surface area contributed by atoms with Crippen molar-refractivity contribution in [3.05, 3.63) is 36.9 Å². The van der Waals surface area contributed by atoms with Crippen molar-refractivity contribution >= 4 is 5.69 Å². The number of hydrogen-bond acceptors (Lipinski definition) is 4. The summed E-state index contributed by atoms with van der Waals surface area (Å²) in [6.45, 7) is 0. The molecule has 4 nitrogen and oxygen atoms in total. The zero-order valence-corrected chi connectivity index (χ0v) is 8.34. The molecule has 0 aliphatic carbocycles. The van der Waals surface area contributed by atoms with Crippen molar-refractivity contribution in [3.8, 4) is 16.9 Å². The van der Waals surface area contributed by atoms with Crippen molar-refractivity contribution in [3.63, 3.8) is 0 Å². The maximum absolute atomic E-state index is 5.75. The van der Waals surface area contributed by atoms with Crippen LogP contribution < -0.4 is 10.5 Å². The van der Waals surface area contributed by atoms with Crippen molar-refractivity contribution < 1.29 is 4.74 Å². The Morgan fingerprint density at radius 1 is 1.07 bits per heavy atom. The SMILES string of the molecule is COc1cc(N)cc(-c2cncnc2)c1. The van der Waals surface area contributed by atoms with E-state index in [9.17, 15) is 0 Å². The number of nitrogens with zero attached hydrogens (tertiary/aromatic N) is 2. The van der Waals surface area contributed by atoms with Crippen LogP contribution in [0.3, 0.4) is 0 Å². The number of ether oxygens (including phenoxy) is 1. The van der Waals surface area contributed by atoms with Gasteiger partial charge in [-0.05, 0) is 17.7 Å². The molecule has 0 unspecified atom stereocenters. The maximum Gasteiger partial charge on any atom is 0.121 e. The Labute approximate surface area is 87.7 Å². The highest BCUT2D eigenvalue weighted by molar-refractivity contribution is 5.68. The second-order valence-corrected chi connectivity index (χ2v) is 3.12. The summed E-state index contributed by atoms with van der Waals surface area (Å²) in [6, 6.07) is 5.53. The second-order valence-electron chi connectivity index (χ2n) is 3.12. The lowest BCUT2D eigenvalue weighted by Gasteiger charge is -2.05. The van der Waals surface area contributed by atoms with E-state index in [0.717, 1.165) is 16.9 Å². The molecular weight excluding hydrogens is 190 g/mol. The summed E-state index contributed by atoms with van der Waals surface area (Å²) in [5, 5.41) is 0. The molecule has 2 rings (SSSR count). The first-order valence-corrected chi connectivity index (χ1v) is 4.49. The predicted molar refractivity (Wildman–Crippen MR) is 58.4 cm³/mol. The number of anilines is 1. The smallest absolute Gasteiger partial charge is 0.121 e. The molecule has 15 heavy (non-hydrogen) atoms. The van der Waals surface area contributed by atoms with Gasteiger partial charge in [-0.15, -0.1) is 0 Å². The summed E-state index contributed by atoms with van der Waals surface area (Å²) >= 11 is 0. The third-order valence-corrected chi connectivity index (χ3v) is 2.06. The first-order chi connectivity index (χ1) is 7.29. The number of aromatic nitrogens is 2. The molecule has 2 aromatic rings. The lowest BCUT2D eigenvalue weighted by atomic mass is 10.1. The fourth-order valence-corrected chi connectivity index (χ4v) is 1.35. The van der Waals surface area contributed by atoms with E-state index in [0.29, 0.717) is 5.69 Å². The van der Waals surface area contributed by atoms with Gasteiger partial charge in [-0.3, -0.25) is 0 Å². The quantitative estimate of drug-likeness (QED) is 0.752. The van der Waals surface area contributed by atoms with E-state index in [4.69, 9.17) is 10.5 Å². The summed E-state index contributed by atoms with van der Waals surface area (Å²) in [5.74, 6) is 0.730. The largest absolute Gasteiger partial charge is 0.497 e. The summed E-state index contributed by atoms with van der Waals surface area (Å²) in [6.07, 6.45) is 4.97. The summed E-state index contributed by atoms with van der Waals surface area (Å²) < 4.78 is 5.14. The Kier molecular flexibility index (Phi) is 2.49. The molecule has 0 amide bonds. The van der Waals surface area contributed by atoms with Crippen molar-refractivity contribution in [2.75, 3.05) is 12.8 Å². The van der Waals surface area contributed by atoms with Crippen LogP contribution >= 0.6 is 0 Å². The lowest BCUT2D eigenvalue weighted by Crippen LogP contribution is -1.90. The van der Waals surface area contributed by atoms with Gasteiger partial charge in [0.2, 0.25) is 0 Å². The van der Waals surface area contributed by atoms with Crippen molar-refractivity contribution in [1.82, 2.24) is 9.97 Å². The standard InChI is InChI=1S/C11H11N3O/c1-15-11-3-8(2-10(12)4-11)9-5-13-7-14-6-9/h2-7H,12H2,1H3. The van der Waals surface area contributed by atoms with Gasteiger partial charge in [-0.1, -0.05) is 0 Å². The van der Waals surface area contributed by atoms with Gasteiger partial charge < -0.3 is 10.5 Å². The Morgan fingerprint density at radius 3 is 2.47 bits per heavy atom. The monoisotopic (exact) mass is 201 g/mol. The number of methoxy groups -OCH3 is 1. The molecule has 0 aliphatic rings. The molecular formula is C11H11N3O. The van der Waals surface area contributed by atoms with Crippen LogP contribution in [0.4, 0.5) is 5.69 Å². The molecule has 4 heteroatoms. The van der Waals surface area contributed by atoms with E-state index in [1.54, 1.807) is 25.6 Å². The molecule has 0 bridgehead atoms. The van der Waals surface area contributed by atoms with Crippen LogP contribution in [0.2, 0.25) is 0 Å². The molecule has 1 heterocycles. The van der Waals surface area contributed by atoms with E-state index in [1.165, 1.54) is 6.33 Å². The molecule has 0 atom stereocenters. The predicted octanol–water partition coefficient (Wildman–Crippen LogP) is 1.73. The average Bonchev–Trinajstić information content (AvgIpc) is 2.29. The topological polar surface area (TPSA) is 61.0 Å². The molecule has 1 aromatic heterocycles. The Morgan fingerprint density at radius 2 is 1.80 bits per heavy atom. The van der Waals surface area contributed by atoms with Gasteiger partial charge >= 0.3 is 0 Å². The summed E-state index contributed by atoms with van der Waals surface area (Å²) in [5.41, 5.74) is 8.28. The fraction of sp³-hybridized carbons (Fsp3) is 0.0909. The molecule has 0 saturated heterocycles. The highest BCUT2D eigenvalue weighted by Gasteiger charge is 2.01. The first kappa shape index (κ1) is 9.45. The van der Waals surface area contributed by atoms with E-state index in [1.807, 2.05) is 12.1 Å². The van der Waals surface area contributed by atoms with Gasteiger partial charge in [0.05, 0.1) is 7.11 Å². The number of nitrogen functional groups attached to an aromatic ring is 1. The lowest BCUT2D eigenvalue weighted by molar-refractivity contribution is 0.415. The number of nitrogens with two attached hydrogens (primary N) is 1. The molecule has 0 saturated carbocycles. The second kappa shape index (κ2) is 3.96. The molecule has 0 spiro atoms. The van der Waals surface area contributed by atoms with Crippen LogP contribution in [-0.2, 0) is 0 Å².